The number of imidazole rings is 1. The summed E-state index contributed by atoms with van der Waals surface area (Å²) < 4.78 is 2.12. The molecule has 2 aromatic carbocycles. The predicted molar refractivity (Wildman–Crippen MR) is 120 cm³/mol. The van der Waals surface area contributed by atoms with Crippen LogP contribution in [0.2, 0.25) is 0 Å². The number of para-hydroxylation sites is 2. The molecule has 3 rings (SSSR count). The largest absolute Gasteiger partial charge is 0.329 e. The molecule has 0 aliphatic carbocycles. The summed E-state index contributed by atoms with van der Waals surface area (Å²) in [6, 6.07) is 16.0. The first-order chi connectivity index (χ1) is 12.6. The van der Waals surface area contributed by atoms with Crippen molar-refractivity contribution >= 4 is 47.4 Å². The van der Waals surface area contributed by atoms with Crippen LogP contribution in [0.4, 0.5) is 5.69 Å². The number of amides is 1. The molecule has 5 nitrogen and oxygen atoms in total. The van der Waals surface area contributed by atoms with Gasteiger partial charge in [0.05, 0.1) is 22.8 Å². The highest BCUT2D eigenvalue weighted by Gasteiger charge is 2.33. The normalized spacial score (nSPS) is 10.8. The molecule has 0 saturated heterocycles. The Morgan fingerprint density at radius 1 is 1.07 bits per heavy atom. The standard InChI is InChI=1S/C21H26N4O.2ClH/c1-3-21(4-2,14-22)20(26)24-17-11-9-16(10-12-17)13-25-15-23-18-7-5-6-8-19(18)25;;/h5-12,15H,3-4,13-14,22H2,1-2H3,(H,24,26);2*1H. The zero-order valence-corrected chi connectivity index (χ0v) is 17.9. The molecule has 1 amide bonds. The number of anilines is 1. The minimum atomic E-state index is -0.492. The van der Waals surface area contributed by atoms with E-state index in [4.69, 9.17) is 5.73 Å². The maximum absolute atomic E-state index is 12.6. The summed E-state index contributed by atoms with van der Waals surface area (Å²) in [6.45, 7) is 5.12. The van der Waals surface area contributed by atoms with Gasteiger partial charge in [0.1, 0.15) is 0 Å². The van der Waals surface area contributed by atoms with Crippen molar-refractivity contribution in [1.82, 2.24) is 9.55 Å². The molecule has 0 unspecified atom stereocenters. The zero-order valence-electron chi connectivity index (χ0n) is 16.2. The van der Waals surface area contributed by atoms with E-state index in [2.05, 4.69) is 20.9 Å². The molecular weight excluding hydrogens is 395 g/mol. The summed E-state index contributed by atoms with van der Waals surface area (Å²) in [5.41, 5.74) is 9.43. The lowest BCUT2D eigenvalue weighted by Gasteiger charge is -2.28. The lowest BCUT2D eigenvalue weighted by atomic mass is 9.81. The van der Waals surface area contributed by atoms with Gasteiger partial charge < -0.3 is 15.6 Å². The molecule has 0 aliphatic rings. The molecule has 0 aliphatic heterocycles. The predicted octanol–water partition coefficient (Wildman–Crippen LogP) is 4.63. The van der Waals surface area contributed by atoms with Crippen molar-refractivity contribution in [3.8, 4) is 0 Å². The number of hydrogen-bond acceptors (Lipinski definition) is 3. The van der Waals surface area contributed by atoms with Gasteiger partial charge in [0.25, 0.3) is 0 Å². The molecule has 7 heteroatoms. The number of halogens is 2. The second kappa shape index (κ2) is 10.5. The van der Waals surface area contributed by atoms with E-state index in [0.717, 1.165) is 41.7 Å². The molecule has 0 spiro atoms. The number of carbonyl (C=O) groups is 1. The monoisotopic (exact) mass is 422 g/mol. The Bertz CT molecular complexity index is 881. The number of carbonyl (C=O) groups excluding carboxylic acids is 1. The van der Waals surface area contributed by atoms with Gasteiger partial charge in [-0.1, -0.05) is 38.1 Å². The Morgan fingerprint density at radius 3 is 2.32 bits per heavy atom. The van der Waals surface area contributed by atoms with E-state index >= 15 is 0 Å². The summed E-state index contributed by atoms with van der Waals surface area (Å²) in [5.74, 6) is -0.00152. The van der Waals surface area contributed by atoms with Gasteiger partial charge in [-0.2, -0.15) is 0 Å². The lowest BCUT2D eigenvalue weighted by molar-refractivity contribution is -0.125. The van der Waals surface area contributed by atoms with Gasteiger partial charge in [-0.3, -0.25) is 4.79 Å². The second-order valence-corrected chi connectivity index (χ2v) is 6.70. The Labute approximate surface area is 178 Å². The van der Waals surface area contributed by atoms with Crippen LogP contribution in [0.15, 0.2) is 54.9 Å². The van der Waals surface area contributed by atoms with E-state index in [-0.39, 0.29) is 30.7 Å². The Balaban J connectivity index is 0.00000196. The number of fused-ring (bicyclic) bond motifs is 1. The van der Waals surface area contributed by atoms with Crippen LogP contribution in [0, 0.1) is 5.41 Å². The fraction of sp³-hybridized carbons (Fsp3) is 0.333. The highest BCUT2D eigenvalue weighted by molar-refractivity contribution is 5.95. The number of rotatable bonds is 7. The van der Waals surface area contributed by atoms with Crippen molar-refractivity contribution in [2.24, 2.45) is 11.1 Å². The van der Waals surface area contributed by atoms with Gasteiger partial charge in [0.2, 0.25) is 5.91 Å². The van der Waals surface area contributed by atoms with Crippen molar-refractivity contribution in [1.29, 1.82) is 0 Å². The number of nitrogens with two attached hydrogens (primary N) is 1. The third kappa shape index (κ3) is 4.85. The van der Waals surface area contributed by atoms with Crippen LogP contribution in [0.1, 0.15) is 32.3 Å². The van der Waals surface area contributed by atoms with Crippen LogP contribution in [0.3, 0.4) is 0 Å². The Kier molecular flexibility index (Phi) is 8.95. The summed E-state index contributed by atoms with van der Waals surface area (Å²) >= 11 is 0. The average Bonchev–Trinajstić information content (AvgIpc) is 3.08. The maximum Gasteiger partial charge on any atom is 0.231 e. The molecule has 0 saturated carbocycles. The third-order valence-corrected chi connectivity index (χ3v) is 5.32. The highest BCUT2D eigenvalue weighted by atomic mass is 35.5. The van der Waals surface area contributed by atoms with Gasteiger partial charge >= 0.3 is 0 Å². The molecule has 1 heterocycles. The molecule has 28 heavy (non-hydrogen) atoms. The van der Waals surface area contributed by atoms with E-state index in [1.54, 1.807) is 0 Å². The lowest BCUT2D eigenvalue weighted by Crippen LogP contribution is -2.41. The number of aromatic nitrogens is 2. The first-order valence-corrected chi connectivity index (χ1v) is 9.12. The maximum atomic E-state index is 12.6. The summed E-state index contributed by atoms with van der Waals surface area (Å²) in [6.07, 6.45) is 3.33. The van der Waals surface area contributed by atoms with Crippen molar-refractivity contribution in [2.45, 2.75) is 33.2 Å². The minimum Gasteiger partial charge on any atom is -0.329 e. The molecule has 1 aromatic heterocycles. The first kappa shape index (κ1) is 24.0. The zero-order chi connectivity index (χ0) is 18.6. The van der Waals surface area contributed by atoms with Gasteiger partial charge in [-0.15, -0.1) is 24.8 Å². The molecular formula is C21H28Cl2N4O. The minimum absolute atomic E-state index is 0. The topological polar surface area (TPSA) is 72.9 Å². The van der Waals surface area contributed by atoms with E-state index in [0.29, 0.717) is 6.54 Å². The van der Waals surface area contributed by atoms with Gasteiger partial charge in [0, 0.05) is 18.8 Å². The average molecular weight is 423 g/mol. The number of hydrogen-bond donors (Lipinski definition) is 2. The quantitative estimate of drug-likeness (QED) is 0.582. The molecule has 0 atom stereocenters. The van der Waals surface area contributed by atoms with Crippen LogP contribution >= 0.6 is 24.8 Å². The van der Waals surface area contributed by atoms with Crippen molar-refractivity contribution in [3.05, 3.63) is 60.4 Å². The van der Waals surface area contributed by atoms with Gasteiger partial charge in [-0.05, 0) is 42.7 Å². The van der Waals surface area contributed by atoms with Crippen molar-refractivity contribution in [3.63, 3.8) is 0 Å². The third-order valence-electron chi connectivity index (χ3n) is 5.32. The van der Waals surface area contributed by atoms with E-state index in [9.17, 15) is 4.79 Å². The highest BCUT2D eigenvalue weighted by Crippen LogP contribution is 2.27. The molecule has 0 radical (unpaired) electrons. The Morgan fingerprint density at radius 2 is 1.71 bits per heavy atom. The van der Waals surface area contributed by atoms with Crippen LogP contribution < -0.4 is 11.1 Å². The summed E-state index contributed by atoms with van der Waals surface area (Å²) in [5, 5.41) is 3.01. The summed E-state index contributed by atoms with van der Waals surface area (Å²) in [4.78, 5) is 17.0. The first-order valence-electron chi connectivity index (χ1n) is 9.12. The molecule has 152 valence electrons. The van der Waals surface area contributed by atoms with Crippen LogP contribution in [0.25, 0.3) is 11.0 Å². The van der Waals surface area contributed by atoms with E-state index in [1.165, 1.54) is 0 Å². The van der Waals surface area contributed by atoms with Crippen LogP contribution in [0.5, 0.6) is 0 Å². The SMILES string of the molecule is CCC(CC)(CN)C(=O)Nc1ccc(Cn2cnc3ccccc32)cc1.Cl.Cl. The second-order valence-electron chi connectivity index (χ2n) is 6.70. The van der Waals surface area contributed by atoms with E-state index in [1.807, 2.05) is 62.6 Å². The van der Waals surface area contributed by atoms with Gasteiger partial charge in [0.15, 0.2) is 0 Å². The summed E-state index contributed by atoms with van der Waals surface area (Å²) in [7, 11) is 0. The van der Waals surface area contributed by atoms with Gasteiger partial charge in [-0.25, -0.2) is 4.98 Å². The Hall–Kier alpha value is -2.08. The fourth-order valence-electron chi connectivity index (χ4n) is 3.24. The number of nitrogens with zero attached hydrogens (tertiary/aromatic N) is 2. The number of benzene rings is 2. The van der Waals surface area contributed by atoms with Crippen molar-refractivity contribution < 1.29 is 4.79 Å². The number of nitrogens with one attached hydrogen (secondary N) is 1. The van der Waals surface area contributed by atoms with Crippen LogP contribution in [-0.4, -0.2) is 22.0 Å². The molecule has 3 aromatic rings. The van der Waals surface area contributed by atoms with Crippen LogP contribution in [-0.2, 0) is 11.3 Å². The van der Waals surface area contributed by atoms with E-state index < -0.39 is 5.41 Å². The fourth-order valence-corrected chi connectivity index (χ4v) is 3.24. The molecule has 0 bridgehead atoms. The van der Waals surface area contributed by atoms with Crippen molar-refractivity contribution in [2.75, 3.05) is 11.9 Å². The molecule has 0 fully saturated rings. The molecule has 3 N–H and O–H groups in total. The smallest absolute Gasteiger partial charge is 0.231 e.